The van der Waals surface area contributed by atoms with Crippen molar-refractivity contribution in [3.8, 4) is 5.75 Å². The molecule has 0 spiro atoms. The summed E-state index contributed by atoms with van der Waals surface area (Å²) < 4.78 is 28.5. The van der Waals surface area contributed by atoms with E-state index in [1.54, 1.807) is 27.7 Å². The Morgan fingerprint density at radius 3 is 2.47 bits per heavy atom. The second-order valence-corrected chi connectivity index (χ2v) is 14.0. The number of benzene rings is 1. The van der Waals surface area contributed by atoms with Gasteiger partial charge >= 0.3 is 0 Å². The van der Waals surface area contributed by atoms with Gasteiger partial charge in [0, 0.05) is 33.9 Å². The summed E-state index contributed by atoms with van der Waals surface area (Å²) >= 11 is 0. The quantitative estimate of drug-likeness (QED) is 0.0532. The van der Waals surface area contributed by atoms with E-state index in [0.29, 0.717) is 70.1 Å². The van der Waals surface area contributed by atoms with E-state index in [1.165, 1.54) is 0 Å². The fraction of sp³-hybridized carbons (Fsp3) is 0.677. The van der Waals surface area contributed by atoms with Gasteiger partial charge in [0.15, 0.2) is 0 Å². The molecule has 1 unspecified atom stereocenters. The van der Waals surface area contributed by atoms with Gasteiger partial charge in [-0.1, -0.05) is 81.3 Å². The van der Waals surface area contributed by atoms with E-state index in [2.05, 4.69) is 57.5 Å². The minimum atomic E-state index is -0.259. The number of rotatable bonds is 25. The van der Waals surface area contributed by atoms with E-state index in [-0.39, 0.29) is 39.3 Å². The van der Waals surface area contributed by atoms with Crippen molar-refractivity contribution in [3.05, 3.63) is 36.4 Å². The molecule has 0 saturated heterocycles. The lowest BCUT2D eigenvalue weighted by Crippen LogP contribution is -2.28. The van der Waals surface area contributed by atoms with Crippen LogP contribution in [0.4, 0.5) is 5.69 Å². The average molecular weight is 650 g/mol. The highest BCUT2D eigenvalue weighted by Gasteiger charge is 2.18. The molecule has 0 radical (unpaired) electrons. The van der Waals surface area contributed by atoms with Gasteiger partial charge < -0.3 is 39.6 Å². The molecule has 0 fully saturated rings. The maximum absolute atomic E-state index is 12.3. The monoisotopic (exact) mass is 649 g/mol. The maximum atomic E-state index is 12.3. The Balaban J connectivity index is -0.00000616. The van der Waals surface area contributed by atoms with Crippen molar-refractivity contribution < 1.29 is 37.6 Å². The lowest BCUT2D eigenvalue weighted by atomic mass is 10.2. The van der Waals surface area contributed by atoms with E-state index < -0.39 is 0 Å². The van der Waals surface area contributed by atoms with Crippen molar-refractivity contribution in [2.75, 3.05) is 77.8 Å². The molecule has 3 N–H and O–H groups in total. The van der Waals surface area contributed by atoms with Gasteiger partial charge in [0.25, 0.3) is 0 Å². The van der Waals surface area contributed by atoms with Gasteiger partial charge in [0.2, 0.25) is 11.8 Å². The molecule has 1 aromatic rings. The summed E-state index contributed by atoms with van der Waals surface area (Å²) in [5, 5.41) is 8.87. The molecular formula is C31H59N3O7S2. The van der Waals surface area contributed by atoms with Gasteiger partial charge in [-0.3, -0.25) is 9.59 Å². The van der Waals surface area contributed by atoms with E-state index >= 15 is 0 Å². The van der Waals surface area contributed by atoms with Crippen molar-refractivity contribution in [1.29, 1.82) is 0 Å². The number of carbonyl (C=O) groups is 2. The van der Waals surface area contributed by atoms with Gasteiger partial charge in [0.1, 0.15) is 24.4 Å². The topological polar surface area (TPSA) is 116 Å². The third kappa shape index (κ3) is 24.2. The van der Waals surface area contributed by atoms with E-state index in [4.69, 9.17) is 23.7 Å². The molecule has 0 aliphatic heterocycles. The fourth-order valence-electron chi connectivity index (χ4n) is 3.13. The Hall–Kier alpha value is -1.80. The minimum Gasteiger partial charge on any atom is -0.490 e. The van der Waals surface area contributed by atoms with Crippen LogP contribution in [0.3, 0.4) is 0 Å². The second-order valence-electron chi connectivity index (χ2n) is 10.8. The standard InChI is InChI=1S/C31H53N3O7S2.3H2/c1-7-32-15-17-38-19-18-37-16-13-28(35)34-26-11-8-12-27(22-26)41-24-30(42-43-31(4,5)6)40-21-20-39-23-29(36)33-14-9-10-25(2)3;;;/h8-12,22,25,30,32H,7,13-21,23-24H2,1-6H3,(H,33,36)(H,34,35);3*1H/b10-9+;;;. The molecule has 43 heavy (non-hydrogen) atoms. The molecule has 10 nitrogen and oxygen atoms in total. The minimum absolute atomic E-state index is 0. The average Bonchev–Trinajstić information content (AvgIpc) is 2.95. The molecule has 0 aromatic heterocycles. The number of hydrogen-bond acceptors (Lipinski definition) is 10. The third-order valence-electron chi connectivity index (χ3n) is 5.13. The SMILES string of the molecule is CCNCCOCCOCCC(=O)Nc1cccc(OCC(OCCOCC(=O)NC/C=C/C(C)C)SSC(C)(C)C)c1.[HH].[HH].[HH]. The van der Waals surface area contributed by atoms with Gasteiger partial charge in [-0.15, -0.1) is 0 Å². The largest absolute Gasteiger partial charge is 0.490 e. The highest BCUT2D eigenvalue weighted by molar-refractivity contribution is 8.77. The summed E-state index contributed by atoms with van der Waals surface area (Å²) in [4.78, 5) is 24.2. The molecular weight excluding hydrogens is 590 g/mol. The number of ether oxygens (including phenoxy) is 5. The lowest BCUT2D eigenvalue weighted by molar-refractivity contribution is -0.126. The van der Waals surface area contributed by atoms with Crippen molar-refractivity contribution in [2.24, 2.45) is 5.92 Å². The molecule has 1 atom stereocenters. The van der Waals surface area contributed by atoms with Crippen LogP contribution < -0.4 is 20.7 Å². The van der Waals surface area contributed by atoms with Crippen LogP contribution >= 0.6 is 21.6 Å². The maximum Gasteiger partial charge on any atom is 0.246 e. The Labute approximate surface area is 271 Å². The van der Waals surface area contributed by atoms with E-state index in [1.807, 2.05) is 30.4 Å². The number of amides is 2. The van der Waals surface area contributed by atoms with Gasteiger partial charge in [0.05, 0.1) is 46.1 Å². The predicted octanol–water partition coefficient (Wildman–Crippen LogP) is 5.64. The van der Waals surface area contributed by atoms with Crippen LogP contribution in [0.5, 0.6) is 5.75 Å². The van der Waals surface area contributed by atoms with Crippen LogP contribution in [-0.2, 0) is 28.5 Å². The zero-order chi connectivity index (χ0) is 31.8. The first-order chi connectivity index (χ1) is 20.6. The van der Waals surface area contributed by atoms with Crippen molar-refractivity contribution in [1.82, 2.24) is 10.6 Å². The van der Waals surface area contributed by atoms with Gasteiger partial charge in [-0.2, -0.15) is 0 Å². The van der Waals surface area contributed by atoms with E-state index in [9.17, 15) is 9.59 Å². The number of nitrogens with one attached hydrogen (secondary N) is 3. The molecule has 1 rings (SSSR count). The number of anilines is 1. The summed E-state index contributed by atoms with van der Waals surface area (Å²) in [6.07, 6.45) is 4.23. The zero-order valence-corrected chi connectivity index (χ0v) is 28.4. The van der Waals surface area contributed by atoms with Crippen LogP contribution in [0.1, 0.15) is 52.2 Å². The van der Waals surface area contributed by atoms with Crippen molar-refractivity contribution in [3.63, 3.8) is 0 Å². The number of carbonyl (C=O) groups excluding carboxylic acids is 2. The molecule has 12 heteroatoms. The van der Waals surface area contributed by atoms with Crippen molar-refractivity contribution in [2.45, 2.75) is 58.1 Å². The summed E-state index contributed by atoms with van der Waals surface area (Å²) in [6, 6.07) is 7.27. The first-order valence-corrected chi connectivity index (χ1v) is 17.2. The Bertz CT molecular complexity index is 930. The molecule has 2 amide bonds. The zero-order valence-electron chi connectivity index (χ0n) is 26.8. The van der Waals surface area contributed by atoms with Crippen LogP contribution in [0, 0.1) is 5.92 Å². The Morgan fingerprint density at radius 1 is 1.00 bits per heavy atom. The molecule has 0 heterocycles. The van der Waals surface area contributed by atoms with Gasteiger partial charge in [-0.25, -0.2) is 0 Å². The Kier molecular flexibility index (Phi) is 22.4. The predicted molar refractivity (Wildman–Crippen MR) is 184 cm³/mol. The summed E-state index contributed by atoms with van der Waals surface area (Å²) in [6.45, 7) is 17.7. The number of likely N-dealkylation sites (N-methyl/N-ethyl adjacent to an activating group) is 1. The number of hydrogen-bond donors (Lipinski definition) is 3. The highest BCUT2D eigenvalue weighted by Crippen LogP contribution is 2.38. The van der Waals surface area contributed by atoms with Crippen LogP contribution in [0.2, 0.25) is 0 Å². The summed E-state index contributed by atoms with van der Waals surface area (Å²) in [5.41, 5.74) is 0.389. The molecule has 0 aliphatic rings. The molecule has 252 valence electrons. The van der Waals surface area contributed by atoms with Crippen molar-refractivity contribution >= 4 is 39.1 Å². The smallest absolute Gasteiger partial charge is 0.246 e. The second kappa shape index (κ2) is 24.5. The molecule has 1 aromatic carbocycles. The third-order valence-corrected chi connectivity index (χ3v) is 8.65. The van der Waals surface area contributed by atoms with Crippen LogP contribution in [-0.4, -0.2) is 94.5 Å². The normalized spacial score (nSPS) is 12.5. The highest BCUT2D eigenvalue weighted by atomic mass is 33.1. The Morgan fingerprint density at radius 2 is 1.74 bits per heavy atom. The first kappa shape index (κ1) is 39.2. The van der Waals surface area contributed by atoms with Gasteiger partial charge in [-0.05, 0) is 24.6 Å². The summed E-state index contributed by atoms with van der Waals surface area (Å²) in [5.74, 6) is 0.778. The fourth-order valence-corrected chi connectivity index (χ4v) is 5.32. The molecule has 0 saturated carbocycles. The summed E-state index contributed by atoms with van der Waals surface area (Å²) in [7, 11) is 3.30. The van der Waals surface area contributed by atoms with Crippen LogP contribution in [0.25, 0.3) is 0 Å². The number of allylic oxidation sites excluding steroid dienone is 1. The molecule has 0 bridgehead atoms. The lowest BCUT2D eigenvalue weighted by Gasteiger charge is -2.22. The van der Waals surface area contributed by atoms with E-state index in [0.717, 1.165) is 13.1 Å². The molecule has 0 aliphatic carbocycles. The van der Waals surface area contributed by atoms with Crippen LogP contribution in [0.15, 0.2) is 36.4 Å². The first-order valence-electron chi connectivity index (χ1n) is 14.9.